The summed E-state index contributed by atoms with van der Waals surface area (Å²) in [4.78, 5) is 44.3. The number of urea groups is 1. The van der Waals surface area contributed by atoms with Gasteiger partial charge in [-0.2, -0.15) is 0 Å². The molecule has 2 aromatic rings. The first kappa shape index (κ1) is 17.6. The fraction of sp³-hybridized carbons (Fsp3) is 0.450. The number of para-hydroxylation sites is 1. The van der Waals surface area contributed by atoms with E-state index in [9.17, 15) is 19.5 Å². The van der Waals surface area contributed by atoms with Gasteiger partial charge < -0.3 is 15.0 Å². The largest absolute Gasteiger partial charge is 0.480 e. The molecule has 1 aromatic heterocycles. The lowest BCUT2D eigenvalue weighted by Gasteiger charge is -2.36. The average Bonchev–Trinajstić information content (AvgIpc) is 3.12. The fourth-order valence-corrected chi connectivity index (χ4v) is 4.50. The first-order chi connectivity index (χ1) is 12.8. The average molecular weight is 369 g/mol. The summed E-state index contributed by atoms with van der Waals surface area (Å²) < 4.78 is 0. The molecule has 7 heteroatoms. The Morgan fingerprint density at radius 1 is 1.33 bits per heavy atom. The van der Waals surface area contributed by atoms with Crippen molar-refractivity contribution in [1.29, 1.82) is 0 Å². The van der Waals surface area contributed by atoms with Crippen molar-refractivity contribution >= 4 is 28.8 Å². The molecule has 27 heavy (non-hydrogen) atoms. The number of fused-ring (bicyclic) bond motifs is 5. The van der Waals surface area contributed by atoms with Crippen LogP contribution in [0.25, 0.3) is 10.9 Å². The van der Waals surface area contributed by atoms with Crippen molar-refractivity contribution in [3.63, 3.8) is 0 Å². The monoisotopic (exact) mass is 369 g/mol. The number of aromatic amines is 1. The highest BCUT2D eigenvalue weighted by atomic mass is 16.4. The van der Waals surface area contributed by atoms with E-state index in [1.165, 1.54) is 4.90 Å². The predicted molar refractivity (Wildman–Crippen MR) is 99.2 cm³/mol. The van der Waals surface area contributed by atoms with Crippen LogP contribution >= 0.6 is 0 Å². The van der Waals surface area contributed by atoms with Gasteiger partial charge >= 0.3 is 12.0 Å². The van der Waals surface area contributed by atoms with Crippen LogP contribution in [-0.4, -0.2) is 50.4 Å². The maximum absolute atomic E-state index is 13.5. The summed E-state index contributed by atoms with van der Waals surface area (Å²) in [6.07, 6.45) is 1.19. The second-order valence-corrected chi connectivity index (χ2v) is 7.62. The van der Waals surface area contributed by atoms with E-state index in [2.05, 4.69) is 4.98 Å². The summed E-state index contributed by atoms with van der Waals surface area (Å²) in [6, 6.07) is 6.14. The number of rotatable bonds is 4. The van der Waals surface area contributed by atoms with Crippen LogP contribution in [0.15, 0.2) is 24.3 Å². The van der Waals surface area contributed by atoms with E-state index in [0.29, 0.717) is 25.1 Å². The number of imide groups is 1. The quantitative estimate of drug-likeness (QED) is 0.810. The summed E-state index contributed by atoms with van der Waals surface area (Å²) in [5.74, 6) is -1.94. The molecule has 2 aliphatic rings. The number of nitrogens with one attached hydrogen (secondary N) is 1. The molecule has 142 valence electrons. The van der Waals surface area contributed by atoms with Crippen molar-refractivity contribution in [1.82, 2.24) is 14.8 Å². The number of carboxylic acid groups (broad SMARTS) is 1. The Labute approximate surface area is 156 Å². The lowest BCUT2D eigenvalue weighted by Crippen LogP contribution is -2.50. The van der Waals surface area contributed by atoms with Gasteiger partial charge in [-0.15, -0.1) is 0 Å². The van der Waals surface area contributed by atoms with Gasteiger partial charge in [-0.25, -0.2) is 14.5 Å². The van der Waals surface area contributed by atoms with Crippen molar-refractivity contribution in [3.8, 4) is 0 Å². The van der Waals surface area contributed by atoms with Gasteiger partial charge in [0.25, 0.3) is 5.91 Å². The molecule has 3 atom stereocenters. The smallest absolute Gasteiger partial charge is 0.328 e. The van der Waals surface area contributed by atoms with Crippen LogP contribution < -0.4 is 0 Å². The molecule has 0 saturated carbocycles. The van der Waals surface area contributed by atoms with Gasteiger partial charge in [-0.3, -0.25) is 4.79 Å². The van der Waals surface area contributed by atoms with Crippen LogP contribution in [-0.2, 0) is 21.5 Å². The van der Waals surface area contributed by atoms with Gasteiger partial charge in [-0.1, -0.05) is 38.5 Å². The number of H-pyrrole nitrogens is 1. The predicted octanol–water partition coefficient (Wildman–Crippen LogP) is 2.70. The van der Waals surface area contributed by atoms with Gasteiger partial charge in [0.2, 0.25) is 0 Å². The van der Waals surface area contributed by atoms with E-state index in [4.69, 9.17) is 0 Å². The Morgan fingerprint density at radius 3 is 2.70 bits per heavy atom. The molecule has 7 nitrogen and oxygen atoms in total. The summed E-state index contributed by atoms with van der Waals surface area (Å²) >= 11 is 0. The molecule has 0 aliphatic carbocycles. The Morgan fingerprint density at radius 2 is 2.04 bits per heavy atom. The zero-order valence-electron chi connectivity index (χ0n) is 15.7. The minimum atomic E-state index is -1.20. The maximum Gasteiger partial charge on any atom is 0.328 e. The maximum atomic E-state index is 13.5. The second kappa shape index (κ2) is 5.84. The summed E-state index contributed by atoms with van der Waals surface area (Å²) in [5.41, 5.74) is 1.44. The normalized spacial score (nSPS) is 24.1. The Balaban J connectivity index is 1.87. The van der Waals surface area contributed by atoms with Gasteiger partial charge in [0.05, 0.1) is 5.69 Å². The topological polar surface area (TPSA) is 93.7 Å². The number of aliphatic carboxylic acids is 1. The Bertz CT molecular complexity index is 965. The van der Waals surface area contributed by atoms with Crippen LogP contribution in [0.1, 0.15) is 38.4 Å². The van der Waals surface area contributed by atoms with E-state index in [0.717, 1.165) is 21.4 Å². The SMILES string of the molecule is CC[C@@H](C)[C@@H](C(=O)O)N1C(=O)N2CCc3c([nH]c4ccccc34)[C@@]2(C)C1=O. The zero-order valence-corrected chi connectivity index (χ0v) is 15.7. The summed E-state index contributed by atoms with van der Waals surface area (Å²) in [5, 5.41) is 10.8. The number of hydrogen-bond acceptors (Lipinski definition) is 3. The highest BCUT2D eigenvalue weighted by Crippen LogP contribution is 2.45. The number of benzene rings is 1. The van der Waals surface area contributed by atoms with Crippen LogP contribution in [0, 0.1) is 5.92 Å². The number of nitrogens with zero attached hydrogens (tertiary/aromatic N) is 2. The van der Waals surface area contributed by atoms with E-state index in [-0.39, 0.29) is 5.92 Å². The summed E-state index contributed by atoms with van der Waals surface area (Å²) in [6.45, 7) is 5.72. The molecule has 0 spiro atoms. The molecule has 1 aromatic carbocycles. The van der Waals surface area contributed by atoms with Crippen molar-refractivity contribution < 1.29 is 19.5 Å². The third kappa shape index (κ3) is 2.17. The summed E-state index contributed by atoms with van der Waals surface area (Å²) in [7, 11) is 0. The van der Waals surface area contributed by atoms with E-state index >= 15 is 0 Å². The van der Waals surface area contributed by atoms with Crippen molar-refractivity contribution in [2.24, 2.45) is 5.92 Å². The highest BCUT2D eigenvalue weighted by molar-refractivity contribution is 6.10. The van der Waals surface area contributed by atoms with Crippen LogP contribution in [0.3, 0.4) is 0 Å². The first-order valence-corrected chi connectivity index (χ1v) is 9.30. The number of carboxylic acids is 1. The molecule has 2 aliphatic heterocycles. The Kier molecular flexibility index (Phi) is 3.80. The van der Waals surface area contributed by atoms with Crippen molar-refractivity contribution in [2.75, 3.05) is 6.54 Å². The molecule has 0 bridgehead atoms. The molecular weight excluding hydrogens is 346 g/mol. The fourth-order valence-electron chi connectivity index (χ4n) is 4.50. The lowest BCUT2D eigenvalue weighted by molar-refractivity contribution is -0.150. The second-order valence-electron chi connectivity index (χ2n) is 7.62. The van der Waals surface area contributed by atoms with Gasteiger partial charge in [0, 0.05) is 17.4 Å². The molecule has 1 saturated heterocycles. The van der Waals surface area contributed by atoms with Crippen LogP contribution in [0.4, 0.5) is 4.79 Å². The number of carbonyl (C=O) groups excluding carboxylic acids is 2. The zero-order chi connectivity index (χ0) is 19.5. The molecule has 1 fully saturated rings. The minimum Gasteiger partial charge on any atom is -0.480 e. The minimum absolute atomic E-state index is 0.331. The number of amides is 3. The number of hydrogen-bond donors (Lipinski definition) is 2. The van der Waals surface area contributed by atoms with Crippen LogP contribution in [0.2, 0.25) is 0 Å². The molecule has 3 amide bonds. The van der Waals surface area contributed by atoms with Gasteiger partial charge in [0.15, 0.2) is 5.54 Å². The standard InChI is InChI=1S/C20H23N3O4/c1-4-11(2)15(17(24)25)23-18(26)20(3)16-13(9-10-22(20)19(23)27)12-7-5-6-8-14(12)21-16/h5-8,11,15,21H,4,9-10H2,1-3H3,(H,24,25)/t11-,15+,20+/m1/s1. The first-order valence-electron chi connectivity index (χ1n) is 9.30. The Hall–Kier alpha value is -2.83. The lowest BCUT2D eigenvalue weighted by atomic mass is 9.86. The molecule has 0 radical (unpaired) electrons. The van der Waals surface area contributed by atoms with E-state index in [1.807, 2.05) is 31.2 Å². The molecular formula is C20H23N3O4. The molecule has 4 rings (SSSR count). The third-order valence-corrected chi connectivity index (χ3v) is 6.21. The molecule has 2 N–H and O–H groups in total. The van der Waals surface area contributed by atoms with Crippen molar-refractivity contribution in [2.45, 2.75) is 45.2 Å². The number of carbonyl (C=O) groups is 3. The van der Waals surface area contributed by atoms with Crippen LogP contribution in [0.5, 0.6) is 0 Å². The third-order valence-electron chi connectivity index (χ3n) is 6.21. The van der Waals surface area contributed by atoms with Crippen molar-refractivity contribution in [3.05, 3.63) is 35.5 Å². The van der Waals surface area contributed by atoms with E-state index in [1.54, 1.807) is 13.8 Å². The number of aromatic nitrogens is 1. The highest BCUT2D eigenvalue weighted by Gasteiger charge is 2.61. The van der Waals surface area contributed by atoms with Gasteiger partial charge in [-0.05, 0) is 30.9 Å². The molecule has 0 unspecified atom stereocenters. The van der Waals surface area contributed by atoms with Gasteiger partial charge in [0.1, 0.15) is 6.04 Å². The van der Waals surface area contributed by atoms with E-state index < -0.39 is 29.5 Å². The molecule has 3 heterocycles.